The number of halogens is 1. The van der Waals surface area contributed by atoms with Gasteiger partial charge in [-0.25, -0.2) is 4.79 Å². The number of nitrogens with one attached hydrogen (secondary N) is 1. The number of benzene rings is 2. The van der Waals surface area contributed by atoms with E-state index in [0.717, 1.165) is 47.0 Å². The zero-order chi connectivity index (χ0) is 21.1. The van der Waals surface area contributed by atoms with Crippen LogP contribution in [0.3, 0.4) is 0 Å². The molecule has 0 fully saturated rings. The van der Waals surface area contributed by atoms with Crippen molar-refractivity contribution in [1.82, 2.24) is 10.3 Å². The Morgan fingerprint density at radius 2 is 2.03 bits per heavy atom. The fraction of sp³-hybridized carbons (Fsp3) is 0.292. The highest BCUT2D eigenvalue weighted by Gasteiger charge is 2.26. The Morgan fingerprint density at radius 1 is 1.20 bits per heavy atom. The molecule has 1 aliphatic carbocycles. The zero-order valence-electron chi connectivity index (χ0n) is 16.8. The van der Waals surface area contributed by atoms with Gasteiger partial charge in [-0.2, -0.15) is 0 Å². The van der Waals surface area contributed by atoms with Crippen molar-refractivity contribution in [3.63, 3.8) is 0 Å². The van der Waals surface area contributed by atoms with Gasteiger partial charge >= 0.3 is 5.97 Å². The molecule has 0 bridgehead atoms. The van der Waals surface area contributed by atoms with Gasteiger partial charge in [0, 0.05) is 22.6 Å². The Morgan fingerprint density at radius 3 is 2.87 bits per heavy atom. The Balaban J connectivity index is 1.49. The van der Waals surface area contributed by atoms with Crippen LogP contribution in [0, 0.1) is 5.92 Å². The van der Waals surface area contributed by atoms with E-state index in [1.807, 2.05) is 36.4 Å². The molecule has 0 spiro atoms. The van der Waals surface area contributed by atoms with Crippen LogP contribution in [-0.4, -0.2) is 23.5 Å². The molecule has 0 aliphatic heterocycles. The number of carbonyl (C=O) groups is 2. The molecule has 1 atom stereocenters. The van der Waals surface area contributed by atoms with Crippen LogP contribution in [0.15, 0.2) is 48.5 Å². The number of rotatable bonds is 5. The first kappa shape index (κ1) is 20.4. The summed E-state index contributed by atoms with van der Waals surface area (Å²) in [6.45, 7) is 2.17. The number of nitrogens with zero attached hydrogens (tertiary/aromatic N) is 1. The maximum Gasteiger partial charge on any atom is 0.339 e. The molecule has 1 heterocycles. The highest BCUT2D eigenvalue weighted by molar-refractivity contribution is 6.30. The number of aromatic nitrogens is 1. The monoisotopic (exact) mass is 422 g/mol. The van der Waals surface area contributed by atoms with Gasteiger partial charge in [0.15, 0.2) is 6.61 Å². The summed E-state index contributed by atoms with van der Waals surface area (Å²) >= 11 is 5.96. The fourth-order valence-electron chi connectivity index (χ4n) is 3.90. The molecule has 5 nitrogen and oxygen atoms in total. The van der Waals surface area contributed by atoms with E-state index >= 15 is 0 Å². The van der Waals surface area contributed by atoms with Crippen LogP contribution in [0.1, 0.15) is 40.5 Å². The summed E-state index contributed by atoms with van der Waals surface area (Å²) in [6.07, 6.45) is 2.69. The minimum atomic E-state index is -0.475. The zero-order valence-corrected chi connectivity index (χ0v) is 17.5. The number of aryl methyl sites for hydroxylation is 1. The van der Waals surface area contributed by atoms with Crippen molar-refractivity contribution in [2.24, 2.45) is 5.92 Å². The van der Waals surface area contributed by atoms with Crippen molar-refractivity contribution in [2.45, 2.75) is 32.7 Å². The first-order chi connectivity index (χ1) is 14.5. The van der Waals surface area contributed by atoms with Gasteiger partial charge in [-0.3, -0.25) is 9.78 Å². The number of esters is 1. The molecule has 6 heteroatoms. The van der Waals surface area contributed by atoms with E-state index in [-0.39, 0.29) is 12.5 Å². The van der Waals surface area contributed by atoms with Crippen molar-refractivity contribution < 1.29 is 14.3 Å². The van der Waals surface area contributed by atoms with Gasteiger partial charge in [0.05, 0.1) is 11.1 Å². The normalized spacial score (nSPS) is 15.5. The van der Waals surface area contributed by atoms with Crippen LogP contribution in [0.4, 0.5) is 0 Å². The fourth-order valence-corrected chi connectivity index (χ4v) is 4.11. The third-order valence-electron chi connectivity index (χ3n) is 5.42. The Hall–Kier alpha value is -2.92. The highest BCUT2D eigenvalue weighted by Crippen LogP contribution is 2.31. The van der Waals surface area contributed by atoms with Crippen LogP contribution in [0.5, 0.6) is 0 Å². The first-order valence-electron chi connectivity index (χ1n) is 10.1. The number of carbonyl (C=O) groups excluding carboxylic acids is 2. The smallest absolute Gasteiger partial charge is 0.339 e. The second-order valence-corrected chi connectivity index (χ2v) is 8.20. The van der Waals surface area contributed by atoms with Crippen LogP contribution in [0.25, 0.3) is 10.9 Å². The number of fused-ring (bicyclic) bond motifs is 2. The third kappa shape index (κ3) is 4.46. The number of amides is 1. The molecule has 0 radical (unpaired) electrons. The molecular formula is C24H23ClN2O3. The predicted octanol–water partition coefficient (Wildman–Crippen LogP) is 4.49. The van der Waals surface area contributed by atoms with Crippen LogP contribution in [-0.2, 0) is 28.9 Å². The van der Waals surface area contributed by atoms with Gasteiger partial charge < -0.3 is 10.1 Å². The summed E-state index contributed by atoms with van der Waals surface area (Å²) in [6, 6.07) is 14.8. The summed E-state index contributed by atoms with van der Waals surface area (Å²) in [5, 5.41) is 4.13. The SMILES string of the molecule is CC1CCc2nc3ccccc3c(C(=O)OCC(=O)NCc3cccc(Cl)c3)c2C1. The standard InChI is InChI=1S/C24H23ClN2O3/c1-15-9-10-21-19(11-15)23(18-7-2-3-8-20(18)27-21)24(29)30-14-22(28)26-13-16-5-4-6-17(25)12-16/h2-8,12,15H,9-11,13-14H2,1H3,(H,26,28). The van der Waals surface area contributed by atoms with E-state index in [0.29, 0.717) is 23.0 Å². The molecule has 30 heavy (non-hydrogen) atoms. The molecular weight excluding hydrogens is 400 g/mol. The maximum atomic E-state index is 13.0. The van der Waals surface area contributed by atoms with Gasteiger partial charge in [-0.05, 0) is 54.5 Å². The minimum Gasteiger partial charge on any atom is -0.452 e. The third-order valence-corrected chi connectivity index (χ3v) is 5.66. The van der Waals surface area contributed by atoms with Crippen LogP contribution in [0.2, 0.25) is 5.02 Å². The molecule has 0 saturated heterocycles. The number of hydrogen-bond donors (Lipinski definition) is 1. The van der Waals surface area contributed by atoms with E-state index in [4.69, 9.17) is 21.3 Å². The molecule has 1 aliphatic rings. The molecule has 1 unspecified atom stereocenters. The summed E-state index contributed by atoms with van der Waals surface area (Å²) in [5.41, 5.74) is 4.12. The van der Waals surface area contributed by atoms with Crippen molar-refractivity contribution in [2.75, 3.05) is 6.61 Å². The largest absolute Gasteiger partial charge is 0.452 e. The van der Waals surface area contributed by atoms with E-state index in [1.165, 1.54) is 0 Å². The average molecular weight is 423 g/mol. The van der Waals surface area contributed by atoms with Crippen molar-refractivity contribution >= 4 is 34.4 Å². The lowest BCUT2D eigenvalue weighted by molar-refractivity contribution is -0.124. The van der Waals surface area contributed by atoms with Crippen LogP contribution >= 0.6 is 11.6 Å². The quantitative estimate of drug-likeness (QED) is 0.615. The van der Waals surface area contributed by atoms with E-state index in [9.17, 15) is 9.59 Å². The molecule has 0 saturated carbocycles. The second-order valence-electron chi connectivity index (χ2n) is 7.76. The van der Waals surface area contributed by atoms with E-state index in [1.54, 1.807) is 12.1 Å². The van der Waals surface area contributed by atoms with Crippen molar-refractivity contribution in [1.29, 1.82) is 0 Å². The van der Waals surface area contributed by atoms with Gasteiger partial charge in [-0.15, -0.1) is 0 Å². The van der Waals surface area contributed by atoms with E-state index < -0.39 is 5.97 Å². The summed E-state index contributed by atoms with van der Waals surface area (Å²) < 4.78 is 5.41. The van der Waals surface area contributed by atoms with Crippen LogP contribution < -0.4 is 5.32 Å². The van der Waals surface area contributed by atoms with Crippen molar-refractivity contribution in [3.05, 3.63) is 75.9 Å². The lowest BCUT2D eigenvalue weighted by atomic mass is 9.84. The molecule has 1 aromatic heterocycles. The Labute approximate surface area is 180 Å². The summed E-state index contributed by atoms with van der Waals surface area (Å²) in [7, 11) is 0. The number of hydrogen-bond acceptors (Lipinski definition) is 4. The summed E-state index contributed by atoms with van der Waals surface area (Å²) in [4.78, 5) is 30.0. The molecule has 4 rings (SSSR count). The van der Waals surface area contributed by atoms with Gasteiger partial charge in [0.1, 0.15) is 0 Å². The lowest BCUT2D eigenvalue weighted by Gasteiger charge is -2.24. The Bertz CT molecular complexity index is 1110. The van der Waals surface area contributed by atoms with Crippen molar-refractivity contribution in [3.8, 4) is 0 Å². The molecule has 1 amide bonds. The van der Waals surface area contributed by atoms with Gasteiger partial charge in [0.25, 0.3) is 5.91 Å². The molecule has 154 valence electrons. The molecule has 1 N–H and O–H groups in total. The van der Waals surface area contributed by atoms with Gasteiger partial charge in [-0.1, -0.05) is 48.9 Å². The highest BCUT2D eigenvalue weighted by atomic mass is 35.5. The number of pyridine rings is 1. The maximum absolute atomic E-state index is 13.0. The minimum absolute atomic E-state index is 0.321. The average Bonchev–Trinajstić information content (AvgIpc) is 2.74. The second kappa shape index (κ2) is 8.84. The van der Waals surface area contributed by atoms with E-state index in [2.05, 4.69) is 12.2 Å². The number of para-hydroxylation sites is 1. The molecule has 2 aromatic carbocycles. The summed E-state index contributed by atoms with van der Waals surface area (Å²) in [5.74, 6) is -0.353. The number of ether oxygens (including phenoxy) is 1. The first-order valence-corrected chi connectivity index (χ1v) is 10.5. The molecule has 3 aromatic rings. The predicted molar refractivity (Wildman–Crippen MR) is 117 cm³/mol. The van der Waals surface area contributed by atoms with Gasteiger partial charge in [0.2, 0.25) is 0 Å². The topological polar surface area (TPSA) is 68.3 Å². The lowest BCUT2D eigenvalue weighted by Crippen LogP contribution is -2.29. The Kier molecular flexibility index (Phi) is 6.00.